The number of pyridine rings is 5. The summed E-state index contributed by atoms with van der Waals surface area (Å²) in [5.41, 5.74) is 6.64. The molecule has 5 amide bonds. The Bertz CT molecular complexity index is 5040. The molecule has 3 aliphatic rings. The van der Waals surface area contributed by atoms with Gasteiger partial charge in [-0.1, -0.05) is 91.6 Å². The SMILES string of the molecule is CCCC(CC(=O)N(CC)c1cn(-c2cccnc2)nc1Cl)SC.CCCC(CC(=O)N(CC1CC1)c1cn(-c2cccnc2)nc1Cl)SC.CCCN(C(=O)CC(SC)C1CC1)c1cn(-c2cccnc2)nc1Cl.CCN(C(=O)CC(SC)C1CC1)c1cn(-c2cccnc2)nc1Cl.CN(C(=O)CC(S(C)=O)C(F)(F)F)c1cn(-c2cccnc2)nc1Cl. The number of thioether (sulfide) groups is 4. The van der Waals surface area contributed by atoms with Crippen molar-refractivity contribution in [3.63, 3.8) is 0 Å². The lowest BCUT2D eigenvalue weighted by molar-refractivity contribution is -0.139. The van der Waals surface area contributed by atoms with Crippen LogP contribution in [0.2, 0.25) is 25.8 Å². The molecular weight excluding hydrogens is 1790 g/mol. The van der Waals surface area contributed by atoms with Crippen molar-refractivity contribution in [1.82, 2.24) is 73.8 Å². The van der Waals surface area contributed by atoms with Crippen LogP contribution in [-0.2, 0) is 34.8 Å². The number of rotatable bonds is 37. The predicted molar refractivity (Wildman–Crippen MR) is 501 cm³/mol. The fourth-order valence-electron chi connectivity index (χ4n) is 13.3. The second-order valence-electron chi connectivity index (χ2n) is 29.6. The minimum atomic E-state index is -4.74. The van der Waals surface area contributed by atoms with Crippen molar-refractivity contribution in [2.75, 3.05) is 89.0 Å². The third-order valence-corrected chi connectivity index (χ3v) is 27.6. The molecule has 668 valence electrons. The summed E-state index contributed by atoms with van der Waals surface area (Å²) < 4.78 is 58.0. The standard InChI is InChI=1S/C19H25ClN4OS.C18H23ClN4OS.C17H21ClN4OS.C17H23ClN4OS.C14H14ClF3N4O2S/c1-3-5-16(26-2)10-18(25)23(12-14-7-8-14)17-13-24(22-19(17)20)15-6-4-9-21-11-15;1-3-9-22(17(24)10-16(25-2)13-6-7-13)15-12-23(21-18(15)19)14-5-4-8-20-11-14;1-3-21(16(23)9-15(24-2)12-6-7-12)14-11-22(20-17(14)18)13-5-4-8-19-10-13;1-4-7-14(24-3)10-16(23)21(5-2)15-12-22(20-17(15)18)13-8-6-9-19-11-13;1-21(12(23)6-11(25(2)24)14(16,17)18)10-8-22(20-13(10)15)9-4-3-5-19-7-9/h4,6,9,11,13-14,16H,3,5,7-8,10,12H2,1-2H3;4-5,8,11-13,16H,3,6-7,9-10H2,1-2H3;4-5,8,10-12,15H,3,6-7,9H2,1-2H3;6,8-9,11-12,14H,4-5,7,10H2,1-3H3;3-5,7-8,11H,6H2,1-2H3. The second-order valence-corrected chi connectivity index (χ2v) is 37.4. The molecular formula is C85H106Cl5F3N20O6S5. The van der Waals surface area contributed by atoms with E-state index in [1.807, 2.05) is 79.7 Å². The predicted octanol–water partition coefficient (Wildman–Crippen LogP) is 19.4. The summed E-state index contributed by atoms with van der Waals surface area (Å²) in [6.45, 7) is 12.8. The molecule has 3 saturated carbocycles. The number of aromatic nitrogens is 15. The monoisotopic (exact) mass is 1890 g/mol. The molecule has 26 nitrogen and oxygen atoms in total. The van der Waals surface area contributed by atoms with Crippen LogP contribution in [0.5, 0.6) is 0 Å². The number of hydrogen-bond acceptors (Lipinski definition) is 20. The molecule has 3 aliphatic carbocycles. The van der Waals surface area contributed by atoms with E-state index in [1.165, 1.54) is 62.6 Å². The highest BCUT2D eigenvalue weighted by Crippen LogP contribution is 2.43. The van der Waals surface area contributed by atoms with Crippen LogP contribution in [0.4, 0.5) is 41.6 Å². The maximum atomic E-state index is 13.1. The van der Waals surface area contributed by atoms with E-state index in [1.54, 1.807) is 161 Å². The normalized spacial score (nSPS) is 14.4. The van der Waals surface area contributed by atoms with Crippen molar-refractivity contribution in [3.8, 4) is 28.4 Å². The highest BCUT2D eigenvalue weighted by Gasteiger charge is 2.45. The van der Waals surface area contributed by atoms with Crippen molar-refractivity contribution >= 4 is 174 Å². The minimum absolute atomic E-state index is 0.0547. The maximum absolute atomic E-state index is 13.1. The average molecular weight is 1900 g/mol. The van der Waals surface area contributed by atoms with Gasteiger partial charge in [0, 0.05) is 128 Å². The Morgan fingerprint density at radius 1 is 0.435 bits per heavy atom. The zero-order valence-electron chi connectivity index (χ0n) is 71.2. The summed E-state index contributed by atoms with van der Waals surface area (Å²) in [4.78, 5) is 92.0. The van der Waals surface area contributed by atoms with Crippen molar-refractivity contribution in [3.05, 3.63) is 179 Å². The quantitative estimate of drug-likeness (QED) is 0.0350. The molecule has 6 unspecified atom stereocenters. The molecule has 0 saturated heterocycles. The molecule has 0 radical (unpaired) electrons. The van der Waals surface area contributed by atoms with Crippen LogP contribution in [0.25, 0.3) is 28.4 Å². The fourth-order valence-corrected chi connectivity index (χ4v) is 18.8. The highest BCUT2D eigenvalue weighted by atomic mass is 35.5. The lowest BCUT2D eigenvalue weighted by Gasteiger charge is -2.24. The van der Waals surface area contributed by atoms with Gasteiger partial charge in [0.15, 0.2) is 25.8 Å². The van der Waals surface area contributed by atoms with E-state index < -0.39 is 34.6 Å². The average Bonchev–Trinajstić information content (AvgIpc) is 1.65. The number of hydrogen-bond donors (Lipinski definition) is 0. The van der Waals surface area contributed by atoms with Gasteiger partial charge in [-0.3, -0.25) is 53.1 Å². The first-order chi connectivity index (χ1) is 59.6. The molecule has 0 N–H and O–H groups in total. The molecule has 10 aromatic heterocycles. The molecule has 0 aromatic carbocycles. The summed E-state index contributed by atoms with van der Waals surface area (Å²) in [5, 5.41) is 21.9. The maximum Gasteiger partial charge on any atom is 0.403 e. The van der Waals surface area contributed by atoms with Crippen LogP contribution in [0.15, 0.2) is 154 Å². The summed E-state index contributed by atoms with van der Waals surface area (Å²) >= 11 is 38.5. The molecule has 124 heavy (non-hydrogen) atoms. The molecule has 3 fully saturated rings. The van der Waals surface area contributed by atoms with Gasteiger partial charge in [0.05, 0.1) is 96.8 Å². The van der Waals surface area contributed by atoms with E-state index in [4.69, 9.17) is 58.0 Å². The van der Waals surface area contributed by atoms with Crippen molar-refractivity contribution in [2.45, 2.75) is 170 Å². The van der Waals surface area contributed by atoms with Crippen LogP contribution >= 0.6 is 105 Å². The lowest BCUT2D eigenvalue weighted by atomic mass is 10.1. The van der Waals surface area contributed by atoms with Gasteiger partial charge < -0.3 is 24.5 Å². The van der Waals surface area contributed by atoms with Crippen LogP contribution in [0, 0.1) is 17.8 Å². The van der Waals surface area contributed by atoms with Gasteiger partial charge in [-0.15, -0.1) is 0 Å². The Morgan fingerprint density at radius 3 is 1.02 bits per heavy atom. The Labute approximate surface area is 767 Å². The van der Waals surface area contributed by atoms with E-state index in [0.29, 0.717) is 133 Å². The van der Waals surface area contributed by atoms with Gasteiger partial charge in [-0.25, -0.2) is 23.4 Å². The molecule has 39 heteroatoms. The van der Waals surface area contributed by atoms with Gasteiger partial charge in [-0.05, 0) is 175 Å². The molecule has 6 atom stereocenters. The van der Waals surface area contributed by atoms with Crippen LogP contribution < -0.4 is 24.5 Å². The first-order valence-electron chi connectivity index (χ1n) is 40.9. The van der Waals surface area contributed by atoms with Crippen LogP contribution in [0.1, 0.15) is 137 Å². The number of alkyl halides is 3. The zero-order valence-corrected chi connectivity index (χ0v) is 79.0. The number of halogens is 8. The molecule has 0 aliphatic heterocycles. The van der Waals surface area contributed by atoms with Crippen LogP contribution in [-0.4, -0.2) is 204 Å². The van der Waals surface area contributed by atoms with Gasteiger partial charge in [0.2, 0.25) is 29.5 Å². The van der Waals surface area contributed by atoms with Gasteiger partial charge in [-0.2, -0.15) is 85.7 Å². The Hall–Kier alpha value is -8.06. The van der Waals surface area contributed by atoms with Crippen molar-refractivity contribution < 1.29 is 41.4 Å². The first kappa shape index (κ1) is 99.7. The van der Waals surface area contributed by atoms with E-state index in [-0.39, 0.29) is 34.5 Å². The minimum Gasteiger partial charge on any atom is -0.311 e. The topological polar surface area (TPSA) is 272 Å². The van der Waals surface area contributed by atoms with E-state index in [0.717, 1.165) is 72.6 Å². The third kappa shape index (κ3) is 29.0. The summed E-state index contributed by atoms with van der Waals surface area (Å²) in [6, 6.07) is 18.3. The zero-order chi connectivity index (χ0) is 89.7. The molecule has 10 heterocycles. The number of carbonyl (C=O) groups is 5. The smallest absolute Gasteiger partial charge is 0.311 e. The van der Waals surface area contributed by atoms with Crippen LogP contribution in [0.3, 0.4) is 0 Å². The molecule has 0 bridgehead atoms. The van der Waals surface area contributed by atoms with Gasteiger partial charge >= 0.3 is 6.18 Å². The van der Waals surface area contributed by atoms with E-state index in [2.05, 4.69) is 96.2 Å². The van der Waals surface area contributed by atoms with Gasteiger partial charge in [0.25, 0.3) is 0 Å². The second kappa shape index (κ2) is 49.3. The summed E-state index contributed by atoms with van der Waals surface area (Å²) in [6.07, 6.45) is 43.5. The molecule has 10 aromatic rings. The third-order valence-electron chi connectivity index (χ3n) is 20.6. The van der Waals surface area contributed by atoms with E-state index in [9.17, 15) is 41.4 Å². The van der Waals surface area contributed by atoms with Gasteiger partial charge in [0.1, 0.15) is 33.7 Å². The Kier molecular flexibility index (Phi) is 39.7. The number of anilines is 5. The van der Waals surface area contributed by atoms with E-state index >= 15 is 0 Å². The highest BCUT2D eigenvalue weighted by molar-refractivity contribution is 7.99. The number of carbonyl (C=O) groups excluding carboxylic acids is 5. The number of nitrogens with zero attached hydrogens (tertiary/aromatic N) is 20. The summed E-state index contributed by atoms with van der Waals surface area (Å²) in [7, 11) is -0.948. The Balaban J connectivity index is 0.000000176. The summed E-state index contributed by atoms with van der Waals surface area (Å²) in [5.74, 6) is 1.54. The molecule has 13 rings (SSSR count). The lowest BCUT2D eigenvalue weighted by Crippen LogP contribution is -2.39. The molecule has 0 spiro atoms. The largest absolute Gasteiger partial charge is 0.403 e. The Morgan fingerprint density at radius 2 is 0.742 bits per heavy atom. The first-order valence-corrected chi connectivity index (χ1v) is 49.5. The number of amides is 5. The van der Waals surface area contributed by atoms with Crippen molar-refractivity contribution in [2.24, 2.45) is 17.8 Å². The van der Waals surface area contributed by atoms with Crippen molar-refractivity contribution in [1.29, 1.82) is 0 Å². The fraction of sp³-hybridized carbons (Fsp3) is 0.471.